The van der Waals surface area contributed by atoms with Crippen LogP contribution in [0.25, 0.3) is 0 Å². The summed E-state index contributed by atoms with van der Waals surface area (Å²) in [7, 11) is 1.67. The Hall–Kier alpha value is -1.84. The maximum absolute atomic E-state index is 10.2. The highest BCUT2D eigenvalue weighted by molar-refractivity contribution is 5.33. The second kappa shape index (κ2) is 7.08. The van der Waals surface area contributed by atoms with Crippen molar-refractivity contribution in [3.05, 3.63) is 65.2 Å². The van der Waals surface area contributed by atoms with Crippen molar-refractivity contribution in [1.82, 2.24) is 5.32 Å². The fraction of sp³-hybridized carbons (Fsp3) is 0.294. The van der Waals surface area contributed by atoms with Gasteiger partial charge in [-0.15, -0.1) is 0 Å². The number of hydrogen-bond donors (Lipinski definition) is 2. The zero-order valence-corrected chi connectivity index (χ0v) is 12.0. The van der Waals surface area contributed by atoms with Gasteiger partial charge in [-0.05, 0) is 18.6 Å². The van der Waals surface area contributed by atoms with Gasteiger partial charge in [-0.1, -0.05) is 48.0 Å². The fourth-order valence-electron chi connectivity index (χ4n) is 2.19. The Bertz CT molecular complexity index is 554. The van der Waals surface area contributed by atoms with Gasteiger partial charge in [-0.2, -0.15) is 0 Å². The third kappa shape index (κ3) is 3.83. The van der Waals surface area contributed by atoms with Crippen LogP contribution in [0.5, 0.6) is 5.75 Å². The van der Waals surface area contributed by atoms with E-state index in [1.54, 1.807) is 7.11 Å². The lowest BCUT2D eigenvalue weighted by Gasteiger charge is -2.14. The standard InChI is InChI=1S/C17H21NO2/c1-13-6-5-8-14(10-13)16(19)12-18-11-15-7-3-4-9-17(15)20-2/h3-10,16,18-19H,11-12H2,1-2H3/t16-/m1/s1. The zero-order chi connectivity index (χ0) is 14.4. The van der Waals surface area contributed by atoms with E-state index in [0.29, 0.717) is 13.1 Å². The first-order valence-corrected chi connectivity index (χ1v) is 6.78. The molecule has 0 heterocycles. The fourth-order valence-corrected chi connectivity index (χ4v) is 2.19. The summed E-state index contributed by atoms with van der Waals surface area (Å²) in [6.07, 6.45) is -0.496. The lowest BCUT2D eigenvalue weighted by atomic mass is 10.1. The number of aliphatic hydroxyl groups excluding tert-OH is 1. The minimum absolute atomic E-state index is 0.496. The molecule has 1 atom stereocenters. The van der Waals surface area contributed by atoms with Crippen LogP contribution >= 0.6 is 0 Å². The van der Waals surface area contributed by atoms with Crippen molar-refractivity contribution in [2.45, 2.75) is 19.6 Å². The van der Waals surface area contributed by atoms with Gasteiger partial charge in [0, 0.05) is 18.7 Å². The molecule has 3 heteroatoms. The molecule has 0 amide bonds. The second-order valence-electron chi connectivity index (χ2n) is 4.87. The maximum atomic E-state index is 10.2. The normalized spacial score (nSPS) is 12.2. The molecule has 0 bridgehead atoms. The number of methoxy groups -OCH3 is 1. The van der Waals surface area contributed by atoms with Gasteiger partial charge in [0.1, 0.15) is 5.75 Å². The molecule has 0 aliphatic heterocycles. The van der Waals surface area contributed by atoms with Gasteiger partial charge in [0.05, 0.1) is 13.2 Å². The summed E-state index contributed by atoms with van der Waals surface area (Å²) in [6, 6.07) is 15.8. The Kier molecular flexibility index (Phi) is 5.16. The summed E-state index contributed by atoms with van der Waals surface area (Å²) in [4.78, 5) is 0. The van der Waals surface area contributed by atoms with Gasteiger partial charge in [-0.25, -0.2) is 0 Å². The molecule has 0 saturated carbocycles. The van der Waals surface area contributed by atoms with Crippen LogP contribution in [0.4, 0.5) is 0 Å². The summed E-state index contributed by atoms with van der Waals surface area (Å²) in [5.41, 5.74) is 3.19. The monoisotopic (exact) mass is 271 g/mol. The largest absolute Gasteiger partial charge is 0.496 e. The topological polar surface area (TPSA) is 41.5 Å². The van der Waals surface area contributed by atoms with Crippen molar-refractivity contribution in [2.24, 2.45) is 0 Å². The summed E-state index contributed by atoms with van der Waals surface area (Å²) < 4.78 is 5.30. The summed E-state index contributed by atoms with van der Waals surface area (Å²) in [6.45, 7) is 3.22. The first-order valence-electron chi connectivity index (χ1n) is 6.78. The van der Waals surface area contributed by atoms with Crippen LogP contribution in [0, 0.1) is 6.92 Å². The quantitative estimate of drug-likeness (QED) is 0.849. The molecule has 3 nitrogen and oxygen atoms in total. The molecule has 106 valence electrons. The average Bonchev–Trinajstić information content (AvgIpc) is 2.47. The Morgan fingerprint density at radius 1 is 1.15 bits per heavy atom. The number of ether oxygens (including phenoxy) is 1. The Morgan fingerprint density at radius 2 is 1.95 bits per heavy atom. The van der Waals surface area contributed by atoms with E-state index in [1.807, 2.05) is 55.5 Å². The van der Waals surface area contributed by atoms with Crippen molar-refractivity contribution >= 4 is 0 Å². The first-order chi connectivity index (χ1) is 9.70. The van der Waals surface area contributed by atoms with Gasteiger partial charge in [0.2, 0.25) is 0 Å². The molecule has 0 aromatic heterocycles. The molecule has 0 fully saturated rings. The van der Waals surface area contributed by atoms with E-state index in [2.05, 4.69) is 5.32 Å². The van der Waals surface area contributed by atoms with E-state index in [1.165, 1.54) is 0 Å². The predicted molar refractivity (Wildman–Crippen MR) is 80.8 cm³/mol. The van der Waals surface area contributed by atoms with Crippen LogP contribution in [-0.2, 0) is 6.54 Å². The highest BCUT2D eigenvalue weighted by Gasteiger charge is 2.08. The maximum Gasteiger partial charge on any atom is 0.123 e. The van der Waals surface area contributed by atoms with E-state index < -0.39 is 6.10 Å². The molecular formula is C17H21NO2. The third-order valence-electron chi connectivity index (χ3n) is 3.27. The molecule has 0 aliphatic carbocycles. The van der Waals surface area contributed by atoms with Crippen molar-refractivity contribution in [2.75, 3.05) is 13.7 Å². The Labute approximate surface area is 120 Å². The van der Waals surface area contributed by atoms with Gasteiger partial charge >= 0.3 is 0 Å². The lowest BCUT2D eigenvalue weighted by Crippen LogP contribution is -2.21. The summed E-state index contributed by atoms with van der Waals surface area (Å²) >= 11 is 0. The van der Waals surface area contributed by atoms with Gasteiger partial charge in [-0.3, -0.25) is 0 Å². The molecule has 2 rings (SSSR count). The summed E-state index contributed by atoms with van der Waals surface area (Å²) in [5, 5.41) is 13.4. The van der Waals surface area contributed by atoms with Crippen molar-refractivity contribution in [3.8, 4) is 5.75 Å². The van der Waals surface area contributed by atoms with Gasteiger partial charge in [0.15, 0.2) is 0 Å². The van der Waals surface area contributed by atoms with Gasteiger partial charge in [0.25, 0.3) is 0 Å². The van der Waals surface area contributed by atoms with Crippen LogP contribution < -0.4 is 10.1 Å². The van der Waals surface area contributed by atoms with Crippen LogP contribution in [0.15, 0.2) is 48.5 Å². The van der Waals surface area contributed by atoms with Crippen LogP contribution in [0.2, 0.25) is 0 Å². The van der Waals surface area contributed by atoms with Crippen LogP contribution in [0.1, 0.15) is 22.8 Å². The number of para-hydroxylation sites is 1. The van der Waals surface area contributed by atoms with E-state index in [0.717, 1.165) is 22.4 Å². The smallest absolute Gasteiger partial charge is 0.123 e. The molecule has 0 aliphatic rings. The Morgan fingerprint density at radius 3 is 2.70 bits per heavy atom. The van der Waals surface area contributed by atoms with E-state index in [9.17, 15) is 5.11 Å². The third-order valence-corrected chi connectivity index (χ3v) is 3.27. The SMILES string of the molecule is COc1ccccc1CNC[C@@H](O)c1cccc(C)c1. The van der Waals surface area contributed by atoms with Crippen molar-refractivity contribution in [1.29, 1.82) is 0 Å². The number of nitrogens with one attached hydrogen (secondary N) is 1. The minimum Gasteiger partial charge on any atom is -0.496 e. The highest BCUT2D eigenvalue weighted by atomic mass is 16.5. The predicted octanol–water partition coefficient (Wildman–Crippen LogP) is 2.83. The molecule has 2 aromatic rings. The lowest BCUT2D eigenvalue weighted by molar-refractivity contribution is 0.174. The minimum atomic E-state index is -0.496. The van der Waals surface area contributed by atoms with E-state index >= 15 is 0 Å². The zero-order valence-electron chi connectivity index (χ0n) is 12.0. The highest BCUT2D eigenvalue weighted by Crippen LogP contribution is 2.17. The number of aryl methyl sites for hydroxylation is 1. The number of hydrogen-bond acceptors (Lipinski definition) is 3. The number of aliphatic hydroxyl groups is 1. The van der Waals surface area contributed by atoms with Crippen LogP contribution in [-0.4, -0.2) is 18.8 Å². The van der Waals surface area contributed by atoms with Crippen molar-refractivity contribution < 1.29 is 9.84 Å². The van der Waals surface area contributed by atoms with E-state index in [4.69, 9.17) is 4.74 Å². The summed E-state index contributed by atoms with van der Waals surface area (Å²) in [5.74, 6) is 0.866. The second-order valence-corrected chi connectivity index (χ2v) is 4.87. The molecule has 0 radical (unpaired) electrons. The molecule has 0 saturated heterocycles. The number of rotatable bonds is 6. The van der Waals surface area contributed by atoms with Crippen LogP contribution in [0.3, 0.4) is 0 Å². The first kappa shape index (κ1) is 14.6. The molecule has 20 heavy (non-hydrogen) atoms. The molecule has 2 aromatic carbocycles. The number of benzene rings is 2. The molecule has 2 N–H and O–H groups in total. The van der Waals surface area contributed by atoms with Crippen molar-refractivity contribution in [3.63, 3.8) is 0 Å². The van der Waals surface area contributed by atoms with Gasteiger partial charge < -0.3 is 15.2 Å². The average molecular weight is 271 g/mol. The molecule has 0 unspecified atom stereocenters. The molecular weight excluding hydrogens is 250 g/mol. The molecule has 0 spiro atoms. The van der Waals surface area contributed by atoms with E-state index in [-0.39, 0.29) is 0 Å². The Balaban J connectivity index is 1.89.